The van der Waals surface area contributed by atoms with Gasteiger partial charge in [-0.15, -0.1) is 0 Å². The van der Waals surface area contributed by atoms with E-state index in [0.717, 1.165) is 61.3 Å². The predicted octanol–water partition coefficient (Wildman–Crippen LogP) is 14.9. The van der Waals surface area contributed by atoms with Gasteiger partial charge in [0.05, 0.1) is 5.69 Å². The fraction of sp³-hybridized carbons (Fsp3) is 0. The molecule has 10 aromatic rings. The van der Waals surface area contributed by atoms with E-state index in [1.165, 1.54) is 33.0 Å². The number of hydrogen-bond donors (Lipinski definition) is 0. The van der Waals surface area contributed by atoms with Crippen LogP contribution >= 0.6 is 0 Å². The van der Waals surface area contributed by atoms with Crippen LogP contribution < -0.4 is 4.90 Å². The molecule has 0 unspecified atom stereocenters. The van der Waals surface area contributed by atoms with Gasteiger partial charge in [-0.05, 0) is 80.0 Å². The molecule has 0 aliphatic carbocycles. The minimum absolute atomic E-state index is 0.846. The molecule has 10 rings (SSSR count). The van der Waals surface area contributed by atoms with Crippen LogP contribution in [0.3, 0.4) is 0 Å². The van der Waals surface area contributed by atoms with Crippen LogP contribution in [-0.4, -0.2) is 0 Å². The average molecular weight is 690 g/mol. The van der Waals surface area contributed by atoms with E-state index in [4.69, 9.17) is 4.42 Å². The molecule has 2 heteroatoms. The lowest BCUT2D eigenvalue weighted by Crippen LogP contribution is -2.10. The second-order valence-corrected chi connectivity index (χ2v) is 13.7. The van der Waals surface area contributed by atoms with Gasteiger partial charge < -0.3 is 9.32 Å². The first-order chi connectivity index (χ1) is 26.8. The molecule has 0 amide bonds. The fourth-order valence-corrected chi connectivity index (χ4v) is 7.89. The van der Waals surface area contributed by atoms with Crippen molar-refractivity contribution in [3.63, 3.8) is 0 Å². The number of anilines is 3. The highest BCUT2D eigenvalue weighted by Crippen LogP contribution is 2.48. The summed E-state index contributed by atoms with van der Waals surface area (Å²) in [5.74, 6) is 0. The molecule has 0 bridgehead atoms. The van der Waals surface area contributed by atoms with Gasteiger partial charge in [-0.3, -0.25) is 0 Å². The molecule has 0 radical (unpaired) electrons. The molecule has 9 aromatic carbocycles. The van der Waals surface area contributed by atoms with Gasteiger partial charge in [0.1, 0.15) is 5.58 Å². The molecule has 0 saturated carbocycles. The summed E-state index contributed by atoms with van der Waals surface area (Å²) in [5, 5.41) is 4.60. The van der Waals surface area contributed by atoms with E-state index >= 15 is 0 Å². The van der Waals surface area contributed by atoms with E-state index in [2.05, 4.69) is 217 Å². The Bertz CT molecular complexity index is 2800. The Balaban J connectivity index is 1.23. The lowest BCUT2D eigenvalue weighted by atomic mass is 9.94. The number of nitrogens with zero attached hydrogens (tertiary/aromatic N) is 1. The average Bonchev–Trinajstić information content (AvgIpc) is 3.66. The molecule has 0 saturated heterocycles. The highest BCUT2D eigenvalue weighted by atomic mass is 16.3. The summed E-state index contributed by atoms with van der Waals surface area (Å²) in [6.07, 6.45) is 0. The minimum atomic E-state index is 0.846. The van der Waals surface area contributed by atoms with Gasteiger partial charge in [0.2, 0.25) is 0 Å². The molecule has 0 fully saturated rings. The lowest BCUT2D eigenvalue weighted by molar-refractivity contribution is 0.670. The highest BCUT2D eigenvalue weighted by molar-refractivity contribution is 6.20. The standard InChI is InChI=1S/C52H35NO/c1-4-14-36(15-5-1)38-26-30-42(31-27-38)53(43-32-28-39(29-33-43)37-16-6-2-7-17-37)49-35-34-45(41-18-8-3-9-19-41)50-48-25-13-24-47(51(48)54-52(49)50)46-23-12-21-40-20-10-11-22-44(40)46/h1-35H. The number of fused-ring (bicyclic) bond motifs is 4. The van der Waals surface area contributed by atoms with Crippen LogP contribution in [0.4, 0.5) is 17.1 Å². The zero-order chi connectivity index (χ0) is 35.8. The number of hydrogen-bond acceptors (Lipinski definition) is 2. The van der Waals surface area contributed by atoms with Crippen LogP contribution in [0.25, 0.3) is 77.2 Å². The molecule has 0 N–H and O–H groups in total. The van der Waals surface area contributed by atoms with Crippen molar-refractivity contribution in [2.75, 3.05) is 4.90 Å². The fourth-order valence-electron chi connectivity index (χ4n) is 7.89. The van der Waals surface area contributed by atoms with Crippen LogP contribution in [0.5, 0.6) is 0 Å². The normalized spacial score (nSPS) is 11.3. The molecule has 54 heavy (non-hydrogen) atoms. The topological polar surface area (TPSA) is 16.4 Å². The van der Waals surface area contributed by atoms with Gasteiger partial charge in [0.25, 0.3) is 0 Å². The smallest absolute Gasteiger partial charge is 0.160 e. The van der Waals surface area contributed by atoms with Crippen LogP contribution in [-0.2, 0) is 0 Å². The lowest BCUT2D eigenvalue weighted by Gasteiger charge is -2.26. The summed E-state index contributed by atoms with van der Waals surface area (Å²) in [6, 6.07) is 75.6. The van der Waals surface area contributed by atoms with Crippen molar-refractivity contribution in [2.24, 2.45) is 0 Å². The van der Waals surface area contributed by atoms with Gasteiger partial charge in [-0.2, -0.15) is 0 Å². The number of para-hydroxylation sites is 1. The molecule has 0 atom stereocenters. The van der Waals surface area contributed by atoms with Crippen molar-refractivity contribution in [3.8, 4) is 44.5 Å². The Labute approximate surface area is 314 Å². The first-order valence-electron chi connectivity index (χ1n) is 18.4. The molecule has 1 aromatic heterocycles. The third-order valence-electron chi connectivity index (χ3n) is 10.5. The van der Waals surface area contributed by atoms with Crippen molar-refractivity contribution in [1.82, 2.24) is 0 Å². The Morgan fingerprint density at radius 2 is 0.778 bits per heavy atom. The first kappa shape index (κ1) is 31.6. The second-order valence-electron chi connectivity index (χ2n) is 13.7. The second kappa shape index (κ2) is 13.4. The monoisotopic (exact) mass is 689 g/mol. The SMILES string of the molecule is c1ccc(-c2ccc(N(c3ccc(-c4ccccc4)cc3)c3ccc(-c4ccccc4)c4c3oc3c(-c5cccc6ccccc56)cccc34)cc2)cc1. The van der Waals surface area contributed by atoms with Crippen molar-refractivity contribution >= 4 is 49.8 Å². The van der Waals surface area contributed by atoms with Gasteiger partial charge in [0, 0.05) is 27.7 Å². The number of rotatable bonds is 7. The van der Waals surface area contributed by atoms with E-state index < -0.39 is 0 Å². The van der Waals surface area contributed by atoms with Gasteiger partial charge in [-0.1, -0.05) is 182 Å². The summed E-state index contributed by atoms with van der Waals surface area (Å²) in [5.41, 5.74) is 14.1. The molecule has 254 valence electrons. The maximum atomic E-state index is 7.25. The van der Waals surface area contributed by atoms with Crippen molar-refractivity contribution in [2.45, 2.75) is 0 Å². The summed E-state index contributed by atoms with van der Waals surface area (Å²) in [6.45, 7) is 0. The molecular weight excluding hydrogens is 655 g/mol. The number of furan rings is 1. The summed E-state index contributed by atoms with van der Waals surface area (Å²) >= 11 is 0. The Morgan fingerprint density at radius 1 is 0.296 bits per heavy atom. The summed E-state index contributed by atoms with van der Waals surface area (Å²) < 4.78 is 7.25. The van der Waals surface area contributed by atoms with Crippen LogP contribution in [0.2, 0.25) is 0 Å². The molecular formula is C52H35NO. The van der Waals surface area contributed by atoms with E-state index in [9.17, 15) is 0 Å². The number of benzene rings is 9. The van der Waals surface area contributed by atoms with Crippen LogP contribution in [0, 0.1) is 0 Å². The Kier molecular flexibility index (Phi) is 7.85. The molecule has 2 nitrogen and oxygen atoms in total. The van der Waals surface area contributed by atoms with E-state index in [0.29, 0.717) is 0 Å². The van der Waals surface area contributed by atoms with Crippen molar-refractivity contribution < 1.29 is 4.42 Å². The molecule has 0 aliphatic rings. The third-order valence-corrected chi connectivity index (χ3v) is 10.5. The highest BCUT2D eigenvalue weighted by Gasteiger charge is 2.24. The Hall–Kier alpha value is -7.16. The van der Waals surface area contributed by atoms with Gasteiger partial charge in [0.15, 0.2) is 5.58 Å². The third kappa shape index (κ3) is 5.53. The maximum Gasteiger partial charge on any atom is 0.160 e. The molecule has 1 heterocycles. The largest absolute Gasteiger partial charge is 0.453 e. The minimum Gasteiger partial charge on any atom is -0.453 e. The first-order valence-corrected chi connectivity index (χ1v) is 18.4. The predicted molar refractivity (Wildman–Crippen MR) is 228 cm³/mol. The summed E-state index contributed by atoms with van der Waals surface area (Å²) in [4.78, 5) is 2.33. The van der Waals surface area contributed by atoms with E-state index in [1.54, 1.807) is 0 Å². The molecule has 0 aliphatic heterocycles. The van der Waals surface area contributed by atoms with E-state index in [1.807, 2.05) is 0 Å². The van der Waals surface area contributed by atoms with Crippen molar-refractivity contribution in [1.29, 1.82) is 0 Å². The zero-order valence-electron chi connectivity index (χ0n) is 29.6. The molecule has 0 spiro atoms. The quantitative estimate of drug-likeness (QED) is 0.166. The van der Waals surface area contributed by atoms with Gasteiger partial charge in [-0.25, -0.2) is 0 Å². The van der Waals surface area contributed by atoms with Crippen LogP contribution in [0.15, 0.2) is 217 Å². The maximum absolute atomic E-state index is 7.25. The van der Waals surface area contributed by atoms with Crippen LogP contribution in [0.1, 0.15) is 0 Å². The summed E-state index contributed by atoms with van der Waals surface area (Å²) in [7, 11) is 0. The Morgan fingerprint density at radius 3 is 1.41 bits per heavy atom. The van der Waals surface area contributed by atoms with Crippen molar-refractivity contribution in [3.05, 3.63) is 212 Å². The van der Waals surface area contributed by atoms with Gasteiger partial charge >= 0.3 is 0 Å². The zero-order valence-corrected chi connectivity index (χ0v) is 29.6. The van der Waals surface area contributed by atoms with E-state index in [-0.39, 0.29) is 0 Å².